The number of carbonyl (C=O) groups is 1. The van der Waals surface area contributed by atoms with Crippen molar-refractivity contribution in [3.63, 3.8) is 0 Å². The zero-order valence-corrected chi connectivity index (χ0v) is 12.3. The van der Waals surface area contributed by atoms with E-state index in [0.29, 0.717) is 13.1 Å². The molecule has 0 atom stereocenters. The van der Waals surface area contributed by atoms with Crippen LogP contribution >= 0.6 is 0 Å². The van der Waals surface area contributed by atoms with Crippen molar-refractivity contribution in [2.45, 2.75) is 53.0 Å². The summed E-state index contributed by atoms with van der Waals surface area (Å²) >= 11 is 0. The molecule has 5 heteroatoms. The van der Waals surface area contributed by atoms with Gasteiger partial charge in [-0.3, -0.25) is 9.89 Å². The van der Waals surface area contributed by atoms with Crippen LogP contribution in [0.1, 0.15) is 50.8 Å². The topological polar surface area (TPSA) is 83.8 Å². The first kappa shape index (κ1) is 15.7. The lowest BCUT2D eigenvalue weighted by molar-refractivity contribution is -0.131. The number of hydrogen-bond donors (Lipinski definition) is 3. The molecule has 0 radical (unpaired) electrons. The molecule has 1 aromatic heterocycles. The van der Waals surface area contributed by atoms with Gasteiger partial charge in [0.25, 0.3) is 0 Å². The lowest BCUT2D eigenvalue weighted by Crippen LogP contribution is -2.45. The fourth-order valence-electron chi connectivity index (χ4n) is 2.52. The maximum atomic E-state index is 12.5. The van der Waals surface area contributed by atoms with E-state index in [0.717, 1.165) is 36.9 Å². The van der Waals surface area contributed by atoms with Crippen LogP contribution in [-0.4, -0.2) is 22.6 Å². The molecule has 19 heavy (non-hydrogen) atoms. The molecule has 1 aromatic rings. The van der Waals surface area contributed by atoms with Crippen LogP contribution in [0.2, 0.25) is 0 Å². The Kier molecular flexibility index (Phi) is 6.02. The third kappa shape index (κ3) is 3.80. The standard InChI is InChI=1S/C14H26N4O/c1-4-6-14(10-15,7-5-2)13(19)16-8-12-9-17-18-11(12)3/h9H,4-8,10,15H2,1-3H3,(H,16,19)(H,17,18). The van der Waals surface area contributed by atoms with Crippen LogP contribution in [0.25, 0.3) is 0 Å². The molecule has 5 nitrogen and oxygen atoms in total. The Labute approximate surface area is 115 Å². The van der Waals surface area contributed by atoms with Crippen molar-refractivity contribution >= 4 is 5.91 Å². The lowest BCUT2D eigenvalue weighted by atomic mass is 9.78. The number of nitrogens with zero attached hydrogens (tertiary/aromatic N) is 1. The minimum Gasteiger partial charge on any atom is -0.351 e. The largest absolute Gasteiger partial charge is 0.351 e. The molecule has 0 aromatic carbocycles. The maximum Gasteiger partial charge on any atom is 0.227 e. The van der Waals surface area contributed by atoms with E-state index < -0.39 is 5.41 Å². The smallest absolute Gasteiger partial charge is 0.227 e. The predicted molar refractivity (Wildman–Crippen MR) is 76.5 cm³/mol. The molecule has 0 aliphatic carbocycles. The fraction of sp³-hybridized carbons (Fsp3) is 0.714. The van der Waals surface area contributed by atoms with Gasteiger partial charge in [-0.15, -0.1) is 0 Å². The van der Waals surface area contributed by atoms with E-state index >= 15 is 0 Å². The number of aromatic nitrogens is 2. The van der Waals surface area contributed by atoms with Crippen molar-refractivity contribution in [1.29, 1.82) is 0 Å². The molecular formula is C14H26N4O. The predicted octanol–water partition coefficient (Wildman–Crippen LogP) is 1.88. The zero-order chi connectivity index (χ0) is 14.3. The van der Waals surface area contributed by atoms with Crippen LogP contribution in [0.3, 0.4) is 0 Å². The van der Waals surface area contributed by atoms with Gasteiger partial charge < -0.3 is 11.1 Å². The average molecular weight is 266 g/mol. The Morgan fingerprint density at radius 2 is 2.05 bits per heavy atom. The number of nitrogens with one attached hydrogen (secondary N) is 2. The third-order valence-corrected chi connectivity index (χ3v) is 3.70. The van der Waals surface area contributed by atoms with Gasteiger partial charge in [0.1, 0.15) is 0 Å². The Morgan fingerprint density at radius 1 is 1.42 bits per heavy atom. The number of nitrogens with two attached hydrogens (primary N) is 1. The quantitative estimate of drug-likeness (QED) is 0.671. The van der Waals surface area contributed by atoms with E-state index in [9.17, 15) is 4.79 Å². The SMILES string of the molecule is CCCC(CN)(CCC)C(=O)NCc1cn[nH]c1C. The van der Waals surface area contributed by atoms with E-state index in [-0.39, 0.29) is 5.91 Å². The van der Waals surface area contributed by atoms with Gasteiger partial charge >= 0.3 is 0 Å². The number of H-pyrrole nitrogens is 1. The summed E-state index contributed by atoms with van der Waals surface area (Å²) in [7, 11) is 0. The van der Waals surface area contributed by atoms with Crippen molar-refractivity contribution < 1.29 is 4.79 Å². The Hall–Kier alpha value is -1.36. The van der Waals surface area contributed by atoms with Gasteiger partial charge in [-0.1, -0.05) is 26.7 Å². The number of carbonyl (C=O) groups excluding carboxylic acids is 1. The van der Waals surface area contributed by atoms with Crippen LogP contribution in [0.4, 0.5) is 0 Å². The molecule has 0 spiro atoms. The van der Waals surface area contributed by atoms with E-state index in [4.69, 9.17) is 5.73 Å². The summed E-state index contributed by atoms with van der Waals surface area (Å²) in [6.07, 6.45) is 5.37. The number of amides is 1. The summed E-state index contributed by atoms with van der Waals surface area (Å²) < 4.78 is 0. The van der Waals surface area contributed by atoms with Gasteiger partial charge in [-0.05, 0) is 19.8 Å². The van der Waals surface area contributed by atoms with Gasteiger partial charge in [-0.2, -0.15) is 5.10 Å². The van der Waals surface area contributed by atoms with Crippen LogP contribution < -0.4 is 11.1 Å². The van der Waals surface area contributed by atoms with Gasteiger partial charge in [-0.25, -0.2) is 0 Å². The van der Waals surface area contributed by atoms with E-state index in [1.807, 2.05) is 6.92 Å². The maximum absolute atomic E-state index is 12.5. The van der Waals surface area contributed by atoms with Crippen molar-refractivity contribution in [2.24, 2.45) is 11.1 Å². The second-order valence-electron chi connectivity index (χ2n) is 5.19. The molecule has 0 saturated carbocycles. The summed E-state index contributed by atoms with van der Waals surface area (Å²) in [5.74, 6) is 0.0688. The molecule has 0 fully saturated rings. The molecule has 1 rings (SSSR count). The van der Waals surface area contributed by atoms with Crippen molar-refractivity contribution in [1.82, 2.24) is 15.5 Å². The molecule has 0 bridgehead atoms. The monoisotopic (exact) mass is 266 g/mol. The zero-order valence-electron chi connectivity index (χ0n) is 12.3. The minimum atomic E-state index is -0.416. The highest BCUT2D eigenvalue weighted by Crippen LogP contribution is 2.29. The normalized spacial score (nSPS) is 11.6. The minimum absolute atomic E-state index is 0.0688. The number of hydrogen-bond acceptors (Lipinski definition) is 3. The molecule has 0 aliphatic rings. The van der Waals surface area contributed by atoms with Gasteiger partial charge in [0.15, 0.2) is 0 Å². The van der Waals surface area contributed by atoms with Crippen LogP contribution in [0.15, 0.2) is 6.20 Å². The Balaban J connectivity index is 2.69. The molecule has 0 aliphatic heterocycles. The highest BCUT2D eigenvalue weighted by molar-refractivity contribution is 5.82. The highest BCUT2D eigenvalue weighted by atomic mass is 16.2. The van der Waals surface area contributed by atoms with Gasteiger partial charge in [0.2, 0.25) is 5.91 Å². The second kappa shape index (κ2) is 7.28. The summed E-state index contributed by atoms with van der Waals surface area (Å²) in [5.41, 5.74) is 7.48. The third-order valence-electron chi connectivity index (χ3n) is 3.70. The molecule has 1 amide bonds. The van der Waals surface area contributed by atoms with Crippen LogP contribution in [-0.2, 0) is 11.3 Å². The number of aromatic amines is 1. The number of rotatable bonds is 8. The van der Waals surface area contributed by atoms with Crippen molar-refractivity contribution in [3.8, 4) is 0 Å². The highest BCUT2D eigenvalue weighted by Gasteiger charge is 2.34. The lowest BCUT2D eigenvalue weighted by Gasteiger charge is -2.30. The first-order valence-corrected chi connectivity index (χ1v) is 7.06. The first-order valence-electron chi connectivity index (χ1n) is 7.06. The Bertz CT molecular complexity index is 394. The molecule has 108 valence electrons. The van der Waals surface area contributed by atoms with E-state index in [1.165, 1.54) is 0 Å². The van der Waals surface area contributed by atoms with Crippen LogP contribution in [0, 0.1) is 12.3 Å². The molecule has 4 N–H and O–H groups in total. The average Bonchev–Trinajstić information content (AvgIpc) is 2.81. The first-order chi connectivity index (χ1) is 9.09. The molecule has 1 heterocycles. The number of aryl methyl sites for hydroxylation is 1. The Morgan fingerprint density at radius 3 is 2.47 bits per heavy atom. The summed E-state index contributed by atoms with van der Waals surface area (Å²) in [6.45, 7) is 7.05. The molecule has 0 saturated heterocycles. The van der Waals surface area contributed by atoms with Gasteiger partial charge in [0, 0.05) is 24.3 Å². The summed E-state index contributed by atoms with van der Waals surface area (Å²) in [6, 6.07) is 0. The summed E-state index contributed by atoms with van der Waals surface area (Å²) in [5, 5.41) is 9.83. The van der Waals surface area contributed by atoms with Crippen molar-refractivity contribution in [3.05, 3.63) is 17.5 Å². The van der Waals surface area contributed by atoms with E-state index in [1.54, 1.807) is 6.20 Å². The van der Waals surface area contributed by atoms with Crippen LogP contribution in [0.5, 0.6) is 0 Å². The molecule has 0 unspecified atom stereocenters. The van der Waals surface area contributed by atoms with E-state index in [2.05, 4.69) is 29.4 Å². The summed E-state index contributed by atoms with van der Waals surface area (Å²) in [4.78, 5) is 12.5. The molecular weight excluding hydrogens is 240 g/mol. The fourth-order valence-corrected chi connectivity index (χ4v) is 2.52. The van der Waals surface area contributed by atoms with Crippen molar-refractivity contribution in [2.75, 3.05) is 6.54 Å². The second-order valence-corrected chi connectivity index (χ2v) is 5.19. The van der Waals surface area contributed by atoms with Gasteiger partial charge in [0.05, 0.1) is 11.6 Å².